The number of ether oxygens (including phenoxy) is 1. The van der Waals surface area contributed by atoms with E-state index in [0.717, 1.165) is 25.7 Å². The Balaban J connectivity index is 1.45. The fraction of sp³-hybridized carbons (Fsp3) is 0.350. The first-order valence-corrected chi connectivity index (χ1v) is 9.52. The van der Waals surface area contributed by atoms with Gasteiger partial charge in [0, 0.05) is 17.8 Å². The van der Waals surface area contributed by atoms with Crippen LogP contribution in [-0.2, 0) is 11.3 Å². The summed E-state index contributed by atoms with van der Waals surface area (Å²) in [5, 5.41) is 6.92. The minimum absolute atomic E-state index is 0.0839. The molecule has 10 heteroatoms. The van der Waals surface area contributed by atoms with E-state index in [9.17, 15) is 18.0 Å². The standard InChI is InChI=1S/C20H19F3N4O3/c21-20(22,23)29-15-9-7-13(8-10-15)18-25-19(30-26-18)16-6-3-11-27(16)12-17(28)24-14-4-1-2-5-14/h3,6-11,14H,1-2,4-5,12H2,(H,24,28). The van der Waals surface area contributed by atoms with Crippen molar-refractivity contribution in [2.24, 2.45) is 0 Å². The summed E-state index contributed by atoms with van der Waals surface area (Å²) >= 11 is 0. The number of benzene rings is 1. The van der Waals surface area contributed by atoms with Crippen molar-refractivity contribution in [3.63, 3.8) is 0 Å². The molecule has 2 aromatic heterocycles. The summed E-state index contributed by atoms with van der Waals surface area (Å²) in [6.45, 7) is 0.125. The molecule has 1 aliphatic carbocycles. The zero-order valence-corrected chi connectivity index (χ0v) is 15.9. The number of halogens is 3. The first kappa shape index (κ1) is 20.0. The zero-order chi connectivity index (χ0) is 21.1. The molecule has 0 saturated heterocycles. The van der Waals surface area contributed by atoms with Gasteiger partial charge in [-0.1, -0.05) is 18.0 Å². The molecule has 0 radical (unpaired) electrons. The lowest BCUT2D eigenvalue weighted by Gasteiger charge is -2.13. The van der Waals surface area contributed by atoms with Crippen LogP contribution in [0, 0.1) is 0 Å². The number of alkyl halides is 3. The molecule has 0 spiro atoms. The van der Waals surface area contributed by atoms with Crippen molar-refractivity contribution in [1.82, 2.24) is 20.0 Å². The van der Waals surface area contributed by atoms with Crippen molar-refractivity contribution >= 4 is 5.91 Å². The van der Waals surface area contributed by atoms with E-state index < -0.39 is 6.36 Å². The van der Waals surface area contributed by atoms with Crippen molar-refractivity contribution in [3.05, 3.63) is 42.6 Å². The molecule has 158 valence electrons. The maximum atomic E-state index is 12.3. The van der Waals surface area contributed by atoms with Gasteiger partial charge in [-0.3, -0.25) is 4.79 Å². The molecule has 1 aliphatic rings. The monoisotopic (exact) mass is 420 g/mol. The van der Waals surface area contributed by atoms with Gasteiger partial charge < -0.3 is 19.1 Å². The molecule has 4 rings (SSSR count). The van der Waals surface area contributed by atoms with E-state index in [1.165, 1.54) is 24.3 Å². The predicted octanol–water partition coefficient (Wildman–Crippen LogP) is 4.16. The maximum Gasteiger partial charge on any atom is 0.573 e. The molecular weight excluding hydrogens is 401 g/mol. The molecule has 0 unspecified atom stereocenters. The predicted molar refractivity (Wildman–Crippen MR) is 100 cm³/mol. The van der Waals surface area contributed by atoms with E-state index in [1.807, 2.05) is 0 Å². The molecule has 3 aromatic rings. The van der Waals surface area contributed by atoms with Crippen LogP contribution < -0.4 is 10.1 Å². The van der Waals surface area contributed by atoms with Gasteiger partial charge >= 0.3 is 6.36 Å². The van der Waals surface area contributed by atoms with Crippen LogP contribution in [0.25, 0.3) is 23.0 Å². The number of rotatable bonds is 6. The molecule has 2 heterocycles. The number of aromatic nitrogens is 3. The molecular formula is C20H19F3N4O3. The van der Waals surface area contributed by atoms with Crippen LogP contribution in [0.4, 0.5) is 13.2 Å². The van der Waals surface area contributed by atoms with Crippen LogP contribution in [-0.4, -0.2) is 33.0 Å². The van der Waals surface area contributed by atoms with E-state index in [0.29, 0.717) is 11.3 Å². The van der Waals surface area contributed by atoms with Crippen LogP contribution in [0.3, 0.4) is 0 Å². The molecule has 1 fully saturated rings. The summed E-state index contributed by atoms with van der Waals surface area (Å²) in [5.41, 5.74) is 1.05. The first-order valence-electron chi connectivity index (χ1n) is 9.52. The van der Waals surface area contributed by atoms with Crippen LogP contribution in [0.2, 0.25) is 0 Å². The van der Waals surface area contributed by atoms with Crippen LogP contribution in [0.5, 0.6) is 5.75 Å². The largest absolute Gasteiger partial charge is 0.573 e. The van der Waals surface area contributed by atoms with Gasteiger partial charge in [0.05, 0.1) is 0 Å². The minimum Gasteiger partial charge on any atom is -0.406 e. The lowest BCUT2D eigenvalue weighted by Crippen LogP contribution is -2.35. The molecule has 1 amide bonds. The molecule has 1 aromatic carbocycles. The normalized spacial score (nSPS) is 14.8. The summed E-state index contributed by atoms with van der Waals surface area (Å²) in [5.74, 6) is 0.00228. The first-order chi connectivity index (χ1) is 14.4. The SMILES string of the molecule is O=C(Cn1cccc1-c1nc(-c2ccc(OC(F)(F)F)cc2)no1)NC1CCCC1. The highest BCUT2D eigenvalue weighted by molar-refractivity contribution is 5.77. The number of nitrogens with zero attached hydrogens (tertiary/aromatic N) is 3. The molecule has 0 aliphatic heterocycles. The lowest BCUT2D eigenvalue weighted by molar-refractivity contribution is -0.274. The van der Waals surface area contributed by atoms with Crippen molar-refractivity contribution in [1.29, 1.82) is 0 Å². The second-order valence-corrected chi connectivity index (χ2v) is 7.07. The lowest BCUT2D eigenvalue weighted by atomic mass is 10.2. The Morgan fingerprint density at radius 2 is 1.93 bits per heavy atom. The summed E-state index contributed by atoms with van der Waals surface area (Å²) in [7, 11) is 0. The third-order valence-electron chi connectivity index (χ3n) is 4.86. The quantitative estimate of drug-likeness (QED) is 0.648. The average Bonchev–Trinajstić information content (AvgIpc) is 3.42. The molecule has 0 atom stereocenters. The molecule has 7 nitrogen and oxygen atoms in total. The smallest absolute Gasteiger partial charge is 0.406 e. The van der Waals surface area contributed by atoms with Gasteiger partial charge in [0.25, 0.3) is 5.89 Å². The highest BCUT2D eigenvalue weighted by atomic mass is 19.4. The van der Waals surface area contributed by atoms with Gasteiger partial charge in [-0.2, -0.15) is 4.98 Å². The van der Waals surface area contributed by atoms with Gasteiger partial charge in [-0.15, -0.1) is 13.2 Å². The Kier molecular flexibility index (Phi) is 5.47. The number of amides is 1. The number of carbonyl (C=O) groups excluding carboxylic acids is 1. The van der Waals surface area contributed by atoms with Crippen LogP contribution in [0.1, 0.15) is 25.7 Å². The topological polar surface area (TPSA) is 82.2 Å². The number of hydrogen-bond acceptors (Lipinski definition) is 5. The van der Waals surface area contributed by atoms with E-state index in [-0.39, 0.29) is 36.0 Å². The van der Waals surface area contributed by atoms with Gasteiger partial charge in [-0.25, -0.2) is 0 Å². The van der Waals surface area contributed by atoms with Gasteiger partial charge in [0.15, 0.2) is 0 Å². The van der Waals surface area contributed by atoms with E-state index in [1.54, 1.807) is 22.9 Å². The van der Waals surface area contributed by atoms with Crippen molar-refractivity contribution in [2.75, 3.05) is 0 Å². The molecule has 1 N–H and O–H groups in total. The minimum atomic E-state index is -4.75. The Morgan fingerprint density at radius 1 is 1.20 bits per heavy atom. The Morgan fingerprint density at radius 3 is 2.63 bits per heavy atom. The molecule has 30 heavy (non-hydrogen) atoms. The number of carbonyl (C=O) groups is 1. The van der Waals surface area contributed by atoms with E-state index >= 15 is 0 Å². The third kappa shape index (κ3) is 4.81. The number of nitrogens with one attached hydrogen (secondary N) is 1. The summed E-state index contributed by atoms with van der Waals surface area (Å²) < 4.78 is 47.7. The Labute approximate surface area is 169 Å². The zero-order valence-electron chi connectivity index (χ0n) is 15.9. The average molecular weight is 420 g/mol. The van der Waals surface area contributed by atoms with Crippen molar-refractivity contribution in [3.8, 4) is 28.7 Å². The second kappa shape index (κ2) is 8.21. The maximum absolute atomic E-state index is 12.3. The highest BCUT2D eigenvalue weighted by Crippen LogP contribution is 2.27. The third-order valence-corrected chi connectivity index (χ3v) is 4.86. The van der Waals surface area contributed by atoms with Crippen molar-refractivity contribution in [2.45, 2.75) is 44.6 Å². The fourth-order valence-corrected chi connectivity index (χ4v) is 3.49. The summed E-state index contributed by atoms with van der Waals surface area (Å²) in [6.07, 6.45) is 1.27. The molecule has 0 bridgehead atoms. The highest BCUT2D eigenvalue weighted by Gasteiger charge is 2.31. The molecule has 1 saturated carbocycles. The number of hydrogen-bond donors (Lipinski definition) is 1. The van der Waals surface area contributed by atoms with Crippen molar-refractivity contribution < 1.29 is 27.2 Å². The van der Waals surface area contributed by atoms with Crippen LogP contribution in [0.15, 0.2) is 47.1 Å². The van der Waals surface area contributed by atoms with E-state index in [2.05, 4.69) is 20.2 Å². The summed E-state index contributed by atoms with van der Waals surface area (Å²) in [4.78, 5) is 16.6. The van der Waals surface area contributed by atoms with Crippen LogP contribution >= 0.6 is 0 Å². The van der Waals surface area contributed by atoms with Gasteiger partial charge in [-0.05, 0) is 49.2 Å². The Hall–Kier alpha value is -3.30. The Bertz CT molecular complexity index is 1000. The van der Waals surface area contributed by atoms with Gasteiger partial charge in [0.2, 0.25) is 11.7 Å². The van der Waals surface area contributed by atoms with Gasteiger partial charge in [0.1, 0.15) is 18.0 Å². The second-order valence-electron chi connectivity index (χ2n) is 7.07. The fourth-order valence-electron chi connectivity index (χ4n) is 3.49. The summed E-state index contributed by atoms with van der Waals surface area (Å²) in [6, 6.07) is 8.92. The van der Waals surface area contributed by atoms with E-state index in [4.69, 9.17) is 4.52 Å².